The first-order valence-electron chi connectivity index (χ1n) is 8.82. The van der Waals surface area contributed by atoms with Gasteiger partial charge < -0.3 is 14.3 Å². The Bertz CT molecular complexity index is 312. The van der Waals surface area contributed by atoms with E-state index in [1.807, 2.05) is 0 Å². The van der Waals surface area contributed by atoms with Crippen molar-refractivity contribution in [2.75, 3.05) is 27.7 Å². The first-order chi connectivity index (χ1) is 10.1. The normalized spacial score (nSPS) is 16.3. The van der Waals surface area contributed by atoms with Crippen LogP contribution in [-0.2, 0) is 9.53 Å². The van der Waals surface area contributed by atoms with Gasteiger partial charge in [0.25, 0.3) is 0 Å². The molecule has 1 unspecified atom stereocenters. The van der Waals surface area contributed by atoms with Crippen LogP contribution in [0.1, 0.15) is 72.1 Å². The van der Waals surface area contributed by atoms with Crippen LogP contribution in [0.4, 0.5) is 0 Å². The van der Waals surface area contributed by atoms with Gasteiger partial charge in [-0.25, -0.2) is 0 Å². The third-order valence-corrected chi connectivity index (χ3v) is 4.16. The second kappa shape index (κ2) is 10.2. The van der Waals surface area contributed by atoms with Crippen molar-refractivity contribution in [2.24, 2.45) is 0 Å². The number of carboxylic acids is 1. The minimum absolute atomic E-state index is 0.0843. The van der Waals surface area contributed by atoms with Gasteiger partial charge >= 0.3 is 5.97 Å². The van der Waals surface area contributed by atoms with Crippen LogP contribution in [0.3, 0.4) is 0 Å². The maximum Gasteiger partial charge on any atom is 0.306 e. The fourth-order valence-corrected chi connectivity index (χ4v) is 2.77. The van der Waals surface area contributed by atoms with Crippen LogP contribution in [0.25, 0.3) is 0 Å². The zero-order chi connectivity index (χ0) is 17.2. The molecule has 0 amide bonds. The van der Waals surface area contributed by atoms with E-state index in [0.29, 0.717) is 4.48 Å². The van der Waals surface area contributed by atoms with Gasteiger partial charge in [0.15, 0.2) is 0 Å². The smallest absolute Gasteiger partial charge is 0.306 e. The molecule has 0 radical (unpaired) electrons. The second-order valence-electron chi connectivity index (χ2n) is 7.78. The Balaban J connectivity index is 4.54. The van der Waals surface area contributed by atoms with E-state index in [1.54, 1.807) is 0 Å². The van der Waals surface area contributed by atoms with E-state index in [1.165, 1.54) is 25.7 Å². The standard InChI is InChI=1S/C18H37NO3/c1-7-9-10-11-12-13-18(3,8-2)22-16(14-17(20)21)15-19(4,5)6/h16H,7-15H2,1-6H3/p+1/t16-,18?/m1/s1. The Kier molecular flexibility index (Phi) is 9.94. The number of nitrogens with zero attached hydrogens (tertiary/aromatic N) is 1. The highest BCUT2D eigenvalue weighted by Crippen LogP contribution is 2.26. The van der Waals surface area contributed by atoms with Crippen molar-refractivity contribution in [3.8, 4) is 0 Å². The summed E-state index contributed by atoms with van der Waals surface area (Å²) in [5.74, 6) is -0.778. The number of carboxylic acid groups (broad SMARTS) is 1. The Hall–Kier alpha value is -0.610. The van der Waals surface area contributed by atoms with Gasteiger partial charge in [0.05, 0.1) is 33.2 Å². The van der Waals surface area contributed by atoms with Crippen molar-refractivity contribution in [2.45, 2.75) is 83.8 Å². The molecule has 4 heteroatoms. The van der Waals surface area contributed by atoms with Crippen LogP contribution in [-0.4, -0.2) is 55.0 Å². The zero-order valence-electron chi connectivity index (χ0n) is 15.7. The van der Waals surface area contributed by atoms with Crippen LogP contribution in [0.2, 0.25) is 0 Å². The monoisotopic (exact) mass is 316 g/mol. The maximum absolute atomic E-state index is 11.1. The number of aliphatic carboxylic acids is 1. The molecule has 0 aromatic carbocycles. The summed E-state index contributed by atoms with van der Waals surface area (Å²) in [6.07, 6.45) is 8.04. The molecule has 4 nitrogen and oxygen atoms in total. The molecule has 0 spiro atoms. The highest BCUT2D eigenvalue weighted by molar-refractivity contribution is 5.67. The number of likely N-dealkylation sites (N-methyl/N-ethyl adjacent to an activating group) is 1. The molecular weight excluding hydrogens is 278 g/mol. The highest BCUT2D eigenvalue weighted by Gasteiger charge is 2.31. The number of unbranched alkanes of at least 4 members (excludes halogenated alkanes) is 4. The topological polar surface area (TPSA) is 46.5 Å². The summed E-state index contributed by atoms with van der Waals surface area (Å²) in [7, 11) is 6.23. The van der Waals surface area contributed by atoms with E-state index in [9.17, 15) is 4.79 Å². The third-order valence-electron chi connectivity index (χ3n) is 4.16. The fraction of sp³-hybridized carbons (Fsp3) is 0.944. The number of ether oxygens (including phenoxy) is 1. The average Bonchev–Trinajstić information content (AvgIpc) is 2.35. The van der Waals surface area contributed by atoms with Crippen molar-refractivity contribution >= 4 is 5.97 Å². The molecule has 0 saturated carbocycles. The van der Waals surface area contributed by atoms with Crippen LogP contribution in [0.15, 0.2) is 0 Å². The van der Waals surface area contributed by atoms with E-state index in [0.717, 1.165) is 25.8 Å². The molecule has 0 fully saturated rings. The molecule has 0 aromatic heterocycles. The Labute approximate surface area is 137 Å². The SMILES string of the molecule is CCCCCCCC(C)(CC)O[C@H](CC(=O)O)C[N+](C)(C)C. The average molecular weight is 317 g/mol. The minimum atomic E-state index is -0.778. The first-order valence-corrected chi connectivity index (χ1v) is 8.82. The number of hydrogen-bond donors (Lipinski definition) is 1. The summed E-state index contributed by atoms with van der Waals surface area (Å²) in [4.78, 5) is 11.1. The molecule has 2 atom stereocenters. The molecule has 0 heterocycles. The second-order valence-corrected chi connectivity index (χ2v) is 7.78. The van der Waals surface area contributed by atoms with Crippen molar-refractivity contribution < 1.29 is 19.1 Å². The quantitative estimate of drug-likeness (QED) is 0.411. The molecule has 22 heavy (non-hydrogen) atoms. The third kappa shape index (κ3) is 11.0. The number of rotatable bonds is 13. The molecule has 0 aliphatic rings. The lowest BCUT2D eigenvalue weighted by Gasteiger charge is -2.36. The lowest BCUT2D eigenvalue weighted by Crippen LogP contribution is -2.46. The lowest BCUT2D eigenvalue weighted by atomic mass is 9.94. The molecule has 0 aliphatic carbocycles. The maximum atomic E-state index is 11.1. The van der Waals surface area contributed by atoms with Crippen molar-refractivity contribution in [3.05, 3.63) is 0 Å². The van der Waals surface area contributed by atoms with Gasteiger partial charge in [0.1, 0.15) is 12.6 Å². The summed E-state index contributed by atoms with van der Waals surface area (Å²) in [5, 5.41) is 9.14. The summed E-state index contributed by atoms with van der Waals surface area (Å²) >= 11 is 0. The van der Waals surface area contributed by atoms with Gasteiger partial charge in [-0.3, -0.25) is 4.79 Å². The molecule has 0 aliphatic heterocycles. The van der Waals surface area contributed by atoms with Crippen molar-refractivity contribution in [1.82, 2.24) is 0 Å². The summed E-state index contributed by atoms with van der Waals surface area (Å²) in [6.45, 7) is 7.21. The Morgan fingerprint density at radius 1 is 1.14 bits per heavy atom. The minimum Gasteiger partial charge on any atom is -0.481 e. The van der Waals surface area contributed by atoms with E-state index in [4.69, 9.17) is 9.84 Å². The molecule has 0 saturated heterocycles. The van der Waals surface area contributed by atoms with E-state index >= 15 is 0 Å². The van der Waals surface area contributed by atoms with Crippen LogP contribution in [0.5, 0.6) is 0 Å². The van der Waals surface area contributed by atoms with E-state index in [2.05, 4.69) is 41.9 Å². The van der Waals surface area contributed by atoms with Gasteiger partial charge in [0, 0.05) is 0 Å². The summed E-state index contributed by atoms with van der Waals surface area (Å²) in [6, 6.07) is 0. The number of hydrogen-bond acceptors (Lipinski definition) is 2. The molecule has 1 N–H and O–H groups in total. The summed E-state index contributed by atoms with van der Waals surface area (Å²) < 4.78 is 7.00. The number of quaternary nitrogens is 1. The van der Waals surface area contributed by atoms with Gasteiger partial charge in [-0.05, 0) is 19.8 Å². The predicted octanol–water partition coefficient (Wildman–Crippen LogP) is 4.08. The van der Waals surface area contributed by atoms with Crippen LogP contribution < -0.4 is 0 Å². The lowest BCUT2D eigenvalue weighted by molar-refractivity contribution is -0.873. The van der Waals surface area contributed by atoms with Gasteiger partial charge in [-0.1, -0.05) is 46.0 Å². The van der Waals surface area contributed by atoms with Gasteiger partial charge in [-0.15, -0.1) is 0 Å². The summed E-state index contributed by atoms with van der Waals surface area (Å²) in [5.41, 5.74) is -0.207. The Morgan fingerprint density at radius 3 is 2.18 bits per heavy atom. The largest absolute Gasteiger partial charge is 0.481 e. The molecule has 132 valence electrons. The predicted molar refractivity (Wildman–Crippen MR) is 92.1 cm³/mol. The van der Waals surface area contributed by atoms with Crippen molar-refractivity contribution in [3.63, 3.8) is 0 Å². The van der Waals surface area contributed by atoms with Crippen LogP contribution in [0, 0.1) is 0 Å². The van der Waals surface area contributed by atoms with E-state index < -0.39 is 5.97 Å². The molecule has 0 bridgehead atoms. The molecular formula is C18H38NO3+. The highest BCUT2D eigenvalue weighted by atomic mass is 16.5. The molecule has 0 aromatic rings. The van der Waals surface area contributed by atoms with Crippen molar-refractivity contribution in [1.29, 1.82) is 0 Å². The van der Waals surface area contributed by atoms with E-state index in [-0.39, 0.29) is 18.1 Å². The molecule has 0 rings (SSSR count). The van der Waals surface area contributed by atoms with Gasteiger partial charge in [0.2, 0.25) is 0 Å². The zero-order valence-corrected chi connectivity index (χ0v) is 15.7. The first kappa shape index (κ1) is 21.4. The Morgan fingerprint density at radius 2 is 1.73 bits per heavy atom. The fourth-order valence-electron chi connectivity index (χ4n) is 2.77. The van der Waals surface area contributed by atoms with Gasteiger partial charge in [-0.2, -0.15) is 0 Å². The van der Waals surface area contributed by atoms with Crippen LogP contribution >= 0.6 is 0 Å². The number of carbonyl (C=O) groups is 1.